The standard InChI is InChI=1S/C32H36BrNO6/c1-18-29(32(36)40-22-8-6-5-7-9-22)30(23-17-21(33)11-13-26(23)37-2)31-24(34-18)14-20(15-25(31)35)19-10-12-27(38-3)28(16-19)39-4/h10-13,16-17,20,22,30,34H,5-9,14-15H2,1-4H3/t20-,30-/m0/s1. The molecule has 1 N–H and O–H groups in total. The summed E-state index contributed by atoms with van der Waals surface area (Å²) in [5, 5.41) is 3.45. The van der Waals surface area contributed by atoms with Crippen LogP contribution in [0.2, 0.25) is 0 Å². The lowest BCUT2D eigenvalue weighted by Gasteiger charge is -2.37. The van der Waals surface area contributed by atoms with E-state index in [1.807, 2.05) is 43.3 Å². The van der Waals surface area contributed by atoms with Gasteiger partial charge in [0.15, 0.2) is 17.3 Å². The summed E-state index contributed by atoms with van der Waals surface area (Å²) in [7, 11) is 4.82. The van der Waals surface area contributed by atoms with Crippen molar-refractivity contribution in [3.05, 3.63) is 74.5 Å². The summed E-state index contributed by atoms with van der Waals surface area (Å²) in [6.45, 7) is 1.89. The summed E-state index contributed by atoms with van der Waals surface area (Å²) < 4.78 is 23.6. The Bertz CT molecular complexity index is 1370. The van der Waals surface area contributed by atoms with Crippen LogP contribution in [-0.4, -0.2) is 39.2 Å². The summed E-state index contributed by atoms with van der Waals surface area (Å²) in [6.07, 6.45) is 5.86. The minimum absolute atomic E-state index is 0.00368. The Hall–Kier alpha value is -3.26. The van der Waals surface area contributed by atoms with E-state index in [2.05, 4.69) is 21.2 Å². The fourth-order valence-electron chi connectivity index (χ4n) is 6.29. The number of esters is 1. The molecule has 40 heavy (non-hydrogen) atoms. The Balaban J connectivity index is 1.56. The zero-order valence-corrected chi connectivity index (χ0v) is 25.1. The first-order chi connectivity index (χ1) is 19.3. The van der Waals surface area contributed by atoms with Crippen LogP contribution in [0.25, 0.3) is 0 Å². The van der Waals surface area contributed by atoms with Gasteiger partial charge >= 0.3 is 5.97 Å². The molecule has 3 aliphatic rings. The Labute approximate surface area is 244 Å². The predicted molar refractivity (Wildman–Crippen MR) is 156 cm³/mol. The van der Waals surface area contributed by atoms with Gasteiger partial charge < -0.3 is 24.3 Å². The van der Waals surface area contributed by atoms with Gasteiger partial charge in [0.2, 0.25) is 0 Å². The van der Waals surface area contributed by atoms with Crippen molar-refractivity contribution in [1.29, 1.82) is 0 Å². The van der Waals surface area contributed by atoms with Crippen LogP contribution < -0.4 is 19.5 Å². The van der Waals surface area contributed by atoms with Gasteiger partial charge in [0.05, 0.1) is 32.8 Å². The van der Waals surface area contributed by atoms with Gasteiger partial charge in [0.25, 0.3) is 0 Å². The van der Waals surface area contributed by atoms with E-state index < -0.39 is 5.92 Å². The number of hydrogen-bond acceptors (Lipinski definition) is 7. The maximum atomic E-state index is 14.0. The van der Waals surface area contributed by atoms with Crippen molar-refractivity contribution >= 4 is 27.7 Å². The SMILES string of the molecule is COc1ccc([C@@H]2CC(=O)C3=C(C2)NC(C)=C(C(=O)OC2CCCCC2)[C@@H]3c2cc(Br)ccc2OC)cc1OC. The lowest BCUT2D eigenvalue weighted by molar-refractivity contribution is -0.146. The van der Waals surface area contributed by atoms with Crippen LogP contribution in [0.1, 0.15) is 74.8 Å². The third kappa shape index (κ3) is 5.51. The molecule has 1 saturated carbocycles. The molecule has 0 bridgehead atoms. The number of dihydropyridines is 1. The van der Waals surface area contributed by atoms with Gasteiger partial charge in [0, 0.05) is 33.4 Å². The second kappa shape index (κ2) is 12.1. The van der Waals surface area contributed by atoms with Crippen molar-refractivity contribution in [2.75, 3.05) is 21.3 Å². The van der Waals surface area contributed by atoms with Crippen molar-refractivity contribution in [2.45, 2.75) is 69.8 Å². The Morgan fingerprint density at radius 2 is 1.60 bits per heavy atom. The van der Waals surface area contributed by atoms with Crippen molar-refractivity contribution in [1.82, 2.24) is 5.32 Å². The van der Waals surface area contributed by atoms with Gasteiger partial charge in [-0.25, -0.2) is 4.79 Å². The average Bonchev–Trinajstić information content (AvgIpc) is 2.96. The third-order valence-corrected chi connectivity index (χ3v) is 8.75. The molecule has 2 aromatic rings. The molecule has 0 aromatic heterocycles. The van der Waals surface area contributed by atoms with E-state index in [1.54, 1.807) is 21.3 Å². The number of halogens is 1. The quantitative estimate of drug-likeness (QED) is 0.349. The Morgan fingerprint density at radius 3 is 2.30 bits per heavy atom. The van der Waals surface area contributed by atoms with Crippen LogP contribution in [0.15, 0.2) is 63.4 Å². The van der Waals surface area contributed by atoms with Crippen LogP contribution in [0.3, 0.4) is 0 Å². The van der Waals surface area contributed by atoms with Gasteiger partial charge in [0.1, 0.15) is 11.9 Å². The smallest absolute Gasteiger partial charge is 0.337 e. The molecule has 2 aromatic carbocycles. The van der Waals surface area contributed by atoms with Gasteiger partial charge in [-0.1, -0.05) is 28.4 Å². The van der Waals surface area contributed by atoms with E-state index in [0.717, 1.165) is 47.0 Å². The highest BCUT2D eigenvalue weighted by molar-refractivity contribution is 9.10. The number of nitrogens with one attached hydrogen (secondary N) is 1. The fraction of sp³-hybridized carbons (Fsp3) is 0.438. The number of ketones is 1. The highest BCUT2D eigenvalue weighted by Gasteiger charge is 2.43. The molecule has 8 heteroatoms. The molecule has 0 radical (unpaired) electrons. The molecule has 7 nitrogen and oxygen atoms in total. The molecule has 1 fully saturated rings. The zero-order chi connectivity index (χ0) is 28.4. The summed E-state index contributed by atoms with van der Waals surface area (Å²) in [6, 6.07) is 11.5. The molecule has 2 atom stereocenters. The average molecular weight is 611 g/mol. The summed E-state index contributed by atoms with van der Waals surface area (Å²) >= 11 is 3.59. The number of allylic oxidation sites excluding steroid dienone is 3. The second-order valence-electron chi connectivity index (χ2n) is 10.7. The molecular formula is C32H36BrNO6. The lowest BCUT2D eigenvalue weighted by Crippen LogP contribution is -2.37. The number of carbonyl (C=O) groups is 2. The highest BCUT2D eigenvalue weighted by atomic mass is 79.9. The van der Waals surface area contributed by atoms with E-state index >= 15 is 0 Å². The van der Waals surface area contributed by atoms with Gasteiger partial charge in [-0.05, 0) is 80.8 Å². The van der Waals surface area contributed by atoms with Crippen LogP contribution in [0.5, 0.6) is 17.2 Å². The molecule has 0 amide bonds. The van der Waals surface area contributed by atoms with E-state index in [9.17, 15) is 9.59 Å². The van der Waals surface area contributed by atoms with E-state index in [4.69, 9.17) is 18.9 Å². The topological polar surface area (TPSA) is 83.1 Å². The number of benzene rings is 2. The lowest BCUT2D eigenvalue weighted by atomic mass is 9.71. The van der Waals surface area contributed by atoms with Gasteiger partial charge in [-0.3, -0.25) is 4.79 Å². The normalized spacial score (nSPS) is 21.5. The van der Waals surface area contributed by atoms with Crippen LogP contribution >= 0.6 is 15.9 Å². The highest BCUT2D eigenvalue weighted by Crippen LogP contribution is 2.49. The van der Waals surface area contributed by atoms with E-state index in [0.29, 0.717) is 46.9 Å². The fourth-order valence-corrected chi connectivity index (χ4v) is 6.67. The molecular weight excluding hydrogens is 574 g/mol. The van der Waals surface area contributed by atoms with Gasteiger partial charge in [-0.15, -0.1) is 0 Å². The van der Waals surface area contributed by atoms with Crippen molar-refractivity contribution < 1.29 is 28.5 Å². The predicted octanol–water partition coefficient (Wildman–Crippen LogP) is 6.71. The molecule has 0 spiro atoms. The molecule has 0 unspecified atom stereocenters. The summed E-state index contributed by atoms with van der Waals surface area (Å²) in [5.41, 5.74) is 4.37. The largest absolute Gasteiger partial charge is 0.496 e. The number of Topliss-reactive ketones (excluding diaryl/α,β-unsaturated/α-hetero) is 1. The van der Waals surface area contributed by atoms with E-state index in [-0.39, 0.29) is 23.8 Å². The molecule has 1 aliphatic heterocycles. The Kier molecular flexibility index (Phi) is 8.54. The molecule has 2 aliphatic carbocycles. The molecule has 0 saturated heterocycles. The number of hydrogen-bond donors (Lipinski definition) is 1. The van der Waals surface area contributed by atoms with Crippen molar-refractivity contribution in [3.8, 4) is 17.2 Å². The molecule has 1 heterocycles. The number of methoxy groups -OCH3 is 3. The third-order valence-electron chi connectivity index (χ3n) is 8.26. The number of ether oxygens (including phenoxy) is 4. The first kappa shape index (κ1) is 28.3. The van der Waals surface area contributed by atoms with Crippen LogP contribution in [0, 0.1) is 0 Å². The maximum absolute atomic E-state index is 14.0. The second-order valence-corrected chi connectivity index (χ2v) is 11.6. The van der Waals surface area contributed by atoms with E-state index in [1.165, 1.54) is 6.42 Å². The Morgan fingerprint density at radius 1 is 0.900 bits per heavy atom. The van der Waals surface area contributed by atoms with Crippen LogP contribution in [-0.2, 0) is 14.3 Å². The minimum Gasteiger partial charge on any atom is -0.496 e. The van der Waals surface area contributed by atoms with Crippen molar-refractivity contribution in [3.63, 3.8) is 0 Å². The van der Waals surface area contributed by atoms with Crippen molar-refractivity contribution in [2.24, 2.45) is 0 Å². The minimum atomic E-state index is -0.598. The first-order valence-electron chi connectivity index (χ1n) is 13.8. The van der Waals surface area contributed by atoms with Crippen LogP contribution in [0.4, 0.5) is 0 Å². The van der Waals surface area contributed by atoms with Gasteiger partial charge in [-0.2, -0.15) is 0 Å². The maximum Gasteiger partial charge on any atom is 0.337 e. The summed E-state index contributed by atoms with van der Waals surface area (Å²) in [5.74, 6) is 0.870. The first-order valence-corrected chi connectivity index (χ1v) is 14.6. The monoisotopic (exact) mass is 609 g/mol. The zero-order valence-electron chi connectivity index (χ0n) is 23.5. The molecule has 212 valence electrons. The number of carbonyl (C=O) groups excluding carboxylic acids is 2. The number of rotatable bonds is 7. The summed E-state index contributed by atoms with van der Waals surface area (Å²) in [4.78, 5) is 27.9. The molecule has 5 rings (SSSR count).